The summed E-state index contributed by atoms with van der Waals surface area (Å²) in [6.07, 6.45) is 7.02. The van der Waals surface area contributed by atoms with E-state index in [0.29, 0.717) is 23.9 Å². The first-order chi connectivity index (χ1) is 13.1. The van der Waals surface area contributed by atoms with Crippen LogP contribution in [0, 0.1) is 0 Å². The molecule has 1 saturated heterocycles. The van der Waals surface area contributed by atoms with Gasteiger partial charge in [0, 0.05) is 42.6 Å². The molecule has 1 aromatic carbocycles. The molecule has 4 heterocycles. The second kappa shape index (κ2) is 6.21. The fraction of sp³-hybridized carbons (Fsp3) is 0.250. The number of benzene rings is 1. The number of hydrogen-bond acceptors (Lipinski definition) is 3. The Labute approximate surface area is 157 Å². The first-order valence-corrected chi connectivity index (χ1v) is 10.6. The SMILES string of the molecule is O=S(=O)(c1c[nH]c2ccccc12)N1CCC(c2c[nH]c3cccnc23)CC1. The van der Waals surface area contributed by atoms with Crippen LogP contribution in [0.5, 0.6) is 0 Å². The van der Waals surface area contributed by atoms with E-state index in [2.05, 4.69) is 15.0 Å². The Hall–Kier alpha value is -2.64. The van der Waals surface area contributed by atoms with Gasteiger partial charge in [0.1, 0.15) is 4.90 Å². The highest BCUT2D eigenvalue weighted by Crippen LogP contribution is 2.35. The molecule has 6 nitrogen and oxygen atoms in total. The van der Waals surface area contributed by atoms with Crippen LogP contribution in [-0.2, 0) is 10.0 Å². The molecule has 0 saturated carbocycles. The van der Waals surface area contributed by atoms with Crippen LogP contribution in [0.3, 0.4) is 0 Å². The van der Waals surface area contributed by atoms with E-state index in [0.717, 1.165) is 34.8 Å². The lowest BCUT2D eigenvalue weighted by Gasteiger charge is -2.30. The second-order valence-corrected chi connectivity index (χ2v) is 8.93. The number of nitrogens with zero attached hydrogens (tertiary/aromatic N) is 2. The summed E-state index contributed by atoms with van der Waals surface area (Å²) in [6.45, 7) is 1.04. The molecule has 0 unspecified atom stereocenters. The van der Waals surface area contributed by atoms with Crippen molar-refractivity contribution < 1.29 is 8.42 Å². The number of fused-ring (bicyclic) bond motifs is 2. The van der Waals surface area contributed by atoms with E-state index >= 15 is 0 Å². The van der Waals surface area contributed by atoms with Gasteiger partial charge >= 0.3 is 0 Å². The molecule has 3 aromatic heterocycles. The van der Waals surface area contributed by atoms with Crippen molar-refractivity contribution in [2.24, 2.45) is 0 Å². The standard InChI is InChI=1S/C20H20N4O2S/c25-27(26,19-13-23-17-5-2-1-4-15(17)19)24-10-7-14(8-11-24)16-12-22-18-6-3-9-21-20(16)18/h1-6,9,12-14,22-23H,7-8,10-11H2. The molecule has 27 heavy (non-hydrogen) atoms. The van der Waals surface area contributed by atoms with E-state index in [4.69, 9.17) is 0 Å². The quantitative estimate of drug-likeness (QED) is 0.570. The number of aromatic nitrogens is 3. The molecule has 0 aliphatic carbocycles. The Morgan fingerprint density at radius 2 is 1.70 bits per heavy atom. The number of rotatable bonds is 3. The van der Waals surface area contributed by atoms with Gasteiger partial charge in [-0.1, -0.05) is 18.2 Å². The van der Waals surface area contributed by atoms with E-state index in [-0.39, 0.29) is 0 Å². The average molecular weight is 380 g/mol. The minimum absolute atomic E-state index is 0.322. The van der Waals surface area contributed by atoms with Crippen LogP contribution in [0.15, 0.2) is 59.9 Å². The number of piperidine rings is 1. The van der Waals surface area contributed by atoms with Gasteiger partial charge in [0.15, 0.2) is 0 Å². The Kier molecular flexibility index (Phi) is 3.80. The first kappa shape index (κ1) is 16.5. The highest BCUT2D eigenvalue weighted by molar-refractivity contribution is 7.89. The van der Waals surface area contributed by atoms with Crippen molar-refractivity contribution in [2.75, 3.05) is 13.1 Å². The summed E-state index contributed by atoms with van der Waals surface area (Å²) in [6, 6.07) is 11.4. The fourth-order valence-electron chi connectivity index (χ4n) is 4.09. The monoisotopic (exact) mass is 380 g/mol. The number of H-pyrrole nitrogens is 2. The summed E-state index contributed by atoms with van der Waals surface area (Å²) in [5.74, 6) is 0.322. The Bertz CT molecular complexity index is 1220. The maximum atomic E-state index is 13.2. The summed E-state index contributed by atoms with van der Waals surface area (Å²) in [5, 5.41) is 0.750. The highest BCUT2D eigenvalue weighted by Gasteiger charge is 2.32. The van der Waals surface area contributed by atoms with E-state index in [1.54, 1.807) is 16.7 Å². The van der Waals surface area contributed by atoms with Crippen molar-refractivity contribution in [3.05, 3.63) is 60.6 Å². The third kappa shape index (κ3) is 2.65. The summed E-state index contributed by atoms with van der Waals surface area (Å²) in [7, 11) is -3.50. The Morgan fingerprint density at radius 3 is 2.56 bits per heavy atom. The fourth-order valence-corrected chi connectivity index (χ4v) is 5.72. The molecule has 0 amide bonds. The molecular weight excluding hydrogens is 360 g/mol. The predicted octanol–water partition coefficient (Wildman–Crippen LogP) is 3.61. The maximum Gasteiger partial charge on any atom is 0.245 e. The lowest BCUT2D eigenvalue weighted by Crippen LogP contribution is -2.37. The van der Waals surface area contributed by atoms with Crippen LogP contribution in [-0.4, -0.2) is 40.8 Å². The summed E-state index contributed by atoms with van der Waals surface area (Å²) in [5.41, 5.74) is 4.06. The zero-order valence-electron chi connectivity index (χ0n) is 14.7. The van der Waals surface area contributed by atoms with Gasteiger partial charge in [0.05, 0.1) is 11.0 Å². The molecule has 7 heteroatoms. The summed E-state index contributed by atoms with van der Waals surface area (Å²) >= 11 is 0. The van der Waals surface area contributed by atoms with Crippen LogP contribution in [0.25, 0.3) is 21.9 Å². The molecule has 2 N–H and O–H groups in total. The molecule has 0 bridgehead atoms. The van der Waals surface area contributed by atoms with E-state index in [1.807, 2.05) is 42.6 Å². The van der Waals surface area contributed by atoms with Gasteiger partial charge in [-0.2, -0.15) is 4.31 Å². The number of sulfonamides is 1. The van der Waals surface area contributed by atoms with Crippen LogP contribution >= 0.6 is 0 Å². The molecule has 1 fully saturated rings. The van der Waals surface area contributed by atoms with Gasteiger partial charge < -0.3 is 9.97 Å². The lowest BCUT2D eigenvalue weighted by atomic mass is 9.91. The van der Waals surface area contributed by atoms with Crippen LogP contribution in [0.4, 0.5) is 0 Å². The number of hydrogen-bond donors (Lipinski definition) is 2. The Balaban J connectivity index is 1.40. The lowest BCUT2D eigenvalue weighted by molar-refractivity contribution is 0.320. The van der Waals surface area contributed by atoms with Crippen molar-refractivity contribution >= 4 is 32.0 Å². The minimum atomic E-state index is -3.50. The predicted molar refractivity (Wildman–Crippen MR) is 105 cm³/mol. The van der Waals surface area contributed by atoms with Crippen molar-refractivity contribution in [3.63, 3.8) is 0 Å². The molecule has 0 spiro atoms. The van der Waals surface area contributed by atoms with Gasteiger partial charge in [-0.25, -0.2) is 8.42 Å². The van der Waals surface area contributed by atoms with Crippen molar-refractivity contribution in [1.82, 2.24) is 19.3 Å². The van der Waals surface area contributed by atoms with Crippen molar-refractivity contribution in [1.29, 1.82) is 0 Å². The smallest absolute Gasteiger partial charge is 0.245 e. The van der Waals surface area contributed by atoms with Crippen LogP contribution in [0.1, 0.15) is 24.3 Å². The zero-order valence-corrected chi connectivity index (χ0v) is 15.5. The first-order valence-electron chi connectivity index (χ1n) is 9.13. The molecule has 0 atom stereocenters. The summed E-state index contributed by atoms with van der Waals surface area (Å²) in [4.78, 5) is 11.2. The van der Waals surface area contributed by atoms with E-state index in [9.17, 15) is 8.42 Å². The third-order valence-electron chi connectivity index (χ3n) is 5.53. The number of nitrogens with one attached hydrogen (secondary N) is 2. The molecule has 5 rings (SSSR count). The van der Waals surface area contributed by atoms with Gasteiger partial charge in [-0.05, 0) is 42.5 Å². The van der Waals surface area contributed by atoms with Crippen LogP contribution in [0.2, 0.25) is 0 Å². The largest absolute Gasteiger partial charge is 0.360 e. The van der Waals surface area contributed by atoms with Gasteiger partial charge in [0.25, 0.3) is 0 Å². The van der Waals surface area contributed by atoms with Crippen molar-refractivity contribution in [2.45, 2.75) is 23.7 Å². The van der Waals surface area contributed by atoms with Gasteiger partial charge in [0.2, 0.25) is 10.0 Å². The second-order valence-electron chi connectivity index (χ2n) is 7.02. The minimum Gasteiger partial charge on any atom is -0.360 e. The molecule has 1 aliphatic rings. The van der Waals surface area contributed by atoms with Crippen LogP contribution < -0.4 is 0 Å². The zero-order chi connectivity index (χ0) is 18.4. The Morgan fingerprint density at radius 1 is 0.963 bits per heavy atom. The normalized spacial score (nSPS) is 17.0. The summed E-state index contributed by atoms with van der Waals surface area (Å²) < 4.78 is 27.9. The third-order valence-corrected chi connectivity index (χ3v) is 7.47. The molecule has 1 aliphatic heterocycles. The maximum absolute atomic E-state index is 13.2. The molecule has 138 valence electrons. The van der Waals surface area contributed by atoms with E-state index in [1.165, 1.54) is 5.56 Å². The topological polar surface area (TPSA) is 81.9 Å². The van der Waals surface area contributed by atoms with Crippen molar-refractivity contribution in [3.8, 4) is 0 Å². The molecular formula is C20H20N4O2S. The molecule has 0 radical (unpaired) electrons. The van der Waals surface area contributed by atoms with Gasteiger partial charge in [-0.15, -0.1) is 0 Å². The molecule has 4 aromatic rings. The highest BCUT2D eigenvalue weighted by atomic mass is 32.2. The number of pyridine rings is 1. The average Bonchev–Trinajstić information content (AvgIpc) is 3.33. The number of para-hydroxylation sites is 1. The number of aromatic amines is 2. The van der Waals surface area contributed by atoms with E-state index < -0.39 is 10.0 Å². The van der Waals surface area contributed by atoms with Gasteiger partial charge in [-0.3, -0.25) is 4.98 Å².